The molecule has 6 rings (SSSR count). The Bertz CT molecular complexity index is 1620. The highest BCUT2D eigenvalue weighted by molar-refractivity contribution is 5.94. The molecule has 230 valence electrons. The Balaban J connectivity index is 1.34. The highest BCUT2D eigenvalue weighted by Crippen LogP contribution is 2.46. The number of carbonyl (C=O) groups is 3. The topological polar surface area (TPSA) is 131 Å². The van der Waals surface area contributed by atoms with Crippen LogP contribution in [-0.2, 0) is 14.4 Å². The van der Waals surface area contributed by atoms with Gasteiger partial charge in [-0.15, -0.1) is 0 Å². The van der Waals surface area contributed by atoms with Crippen LogP contribution in [-0.4, -0.2) is 70.1 Å². The number of aliphatic carboxylic acids is 1. The van der Waals surface area contributed by atoms with Gasteiger partial charge in [-0.25, -0.2) is 9.78 Å². The summed E-state index contributed by atoms with van der Waals surface area (Å²) < 4.78 is 12.1. The molecule has 3 aliphatic rings. The van der Waals surface area contributed by atoms with Crippen LogP contribution in [0.4, 0.5) is 0 Å². The van der Waals surface area contributed by atoms with Crippen molar-refractivity contribution in [3.05, 3.63) is 60.2 Å². The molecule has 10 heteroatoms. The van der Waals surface area contributed by atoms with Crippen molar-refractivity contribution in [3.63, 3.8) is 0 Å². The van der Waals surface area contributed by atoms with Crippen LogP contribution in [0.1, 0.15) is 44.1 Å². The number of carboxylic acid groups (broad SMARTS) is 1. The van der Waals surface area contributed by atoms with Crippen LogP contribution in [0.2, 0.25) is 0 Å². The van der Waals surface area contributed by atoms with E-state index in [1.807, 2.05) is 61.5 Å². The number of carbonyl (C=O) groups excluding carboxylic acids is 2. The Morgan fingerprint density at radius 1 is 1.07 bits per heavy atom. The van der Waals surface area contributed by atoms with Crippen LogP contribution in [0.3, 0.4) is 0 Å². The van der Waals surface area contributed by atoms with Crippen LogP contribution in [0.15, 0.2) is 54.6 Å². The van der Waals surface area contributed by atoms with Gasteiger partial charge in [0.25, 0.3) is 0 Å². The monoisotopic (exact) mass is 598 g/mol. The number of hydrogen-bond acceptors (Lipinski definition) is 7. The van der Waals surface area contributed by atoms with Crippen molar-refractivity contribution in [1.29, 1.82) is 0 Å². The number of rotatable bonds is 5. The molecule has 2 saturated carbocycles. The number of ether oxygens (including phenoxy) is 2. The molecule has 2 fully saturated rings. The average Bonchev–Trinajstić information content (AvgIpc) is 3.56. The van der Waals surface area contributed by atoms with Gasteiger partial charge in [0.15, 0.2) is 5.82 Å². The SMILES string of the molecule is COc1ccc2c(OC3CC4C(=O)NC5(C(=O)O)CC5C=CCCCCN(C)C(=O)C4C3)nc(-c3ccccc3)nc2c1C. The number of benzene rings is 2. The molecule has 10 nitrogen and oxygen atoms in total. The quantitative estimate of drug-likeness (QED) is 0.409. The molecule has 2 heterocycles. The van der Waals surface area contributed by atoms with E-state index >= 15 is 0 Å². The van der Waals surface area contributed by atoms with Crippen molar-refractivity contribution in [2.24, 2.45) is 17.8 Å². The number of hydrogen-bond donors (Lipinski definition) is 2. The zero-order valence-electron chi connectivity index (χ0n) is 25.3. The molecule has 1 aromatic heterocycles. The summed E-state index contributed by atoms with van der Waals surface area (Å²) in [6.45, 7) is 2.52. The third kappa shape index (κ3) is 5.49. The Morgan fingerprint density at radius 2 is 1.84 bits per heavy atom. The van der Waals surface area contributed by atoms with Gasteiger partial charge < -0.3 is 24.8 Å². The number of amides is 2. The summed E-state index contributed by atoms with van der Waals surface area (Å²) in [6, 6.07) is 13.3. The third-order valence-electron chi connectivity index (χ3n) is 9.34. The lowest BCUT2D eigenvalue weighted by atomic mass is 9.93. The van der Waals surface area contributed by atoms with Crippen LogP contribution < -0.4 is 14.8 Å². The number of nitrogens with zero attached hydrogens (tertiary/aromatic N) is 3. The number of aryl methyl sites for hydroxylation is 1. The van der Waals surface area contributed by atoms with Crippen molar-refractivity contribution in [2.75, 3.05) is 20.7 Å². The van der Waals surface area contributed by atoms with E-state index in [2.05, 4.69) is 5.32 Å². The first kappa shape index (κ1) is 29.6. The lowest BCUT2D eigenvalue weighted by molar-refractivity contribution is -0.145. The lowest BCUT2D eigenvalue weighted by Crippen LogP contribution is -2.49. The van der Waals surface area contributed by atoms with E-state index in [1.165, 1.54) is 0 Å². The van der Waals surface area contributed by atoms with Gasteiger partial charge in [0.05, 0.1) is 29.8 Å². The highest BCUT2D eigenvalue weighted by atomic mass is 16.5. The summed E-state index contributed by atoms with van der Waals surface area (Å²) in [5.74, 6) is -1.69. The second-order valence-corrected chi connectivity index (χ2v) is 12.2. The largest absolute Gasteiger partial charge is 0.496 e. The molecule has 2 amide bonds. The minimum Gasteiger partial charge on any atom is -0.496 e. The third-order valence-corrected chi connectivity index (χ3v) is 9.34. The van der Waals surface area contributed by atoms with Gasteiger partial charge in [-0.2, -0.15) is 4.98 Å². The molecular formula is C34H38N4O6. The van der Waals surface area contributed by atoms with Crippen molar-refractivity contribution in [1.82, 2.24) is 20.2 Å². The predicted octanol–water partition coefficient (Wildman–Crippen LogP) is 4.55. The van der Waals surface area contributed by atoms with Gasteiger partial charge in [-0.05, 0) is 57.6 Å². The number of fused-ring (bicyclic) bond motifs is 3. The predicted molar refractivity (Wildman–Crippen MR) is 164 cm³/mol. The summed E-state index contributed by atoms with van der Waals surface area (Å²) >= 11 is 0. The Kier molecular flexibility index (Phi) is 8.00. The van der Waals surface area contributed by atoms with Gasteiger partial charge in [0, 0.05) is 30.6 Å². The zero-order chi connectivity index (χ0) is 31.0. The molecule has 2 aromatic carbocycles. The first-order chi connectivity index (χ1) is 21.2. The Hall–Kier alpha value is -4.47. The van der Waals surface area contributed by atoms with Gasteiger partial charge in [-0.1, -0.05) is 42.5 Å². The Labute approximate surface area is 256 Å². The maximum absolute atomic E-state index is 13.8. The second kappa shape index (κ2) is 11.9. The van der Waals surface area contributed by atoms with Crippen molar-refractivity contribution in [3.8, 4) is 23.0 Å². The van der Waals surface area contributed by atoms with E-state index in [4.69, 9.17) is 19.4 Å². The maximum atomic E-state index is 13.8. The smallest absolute Gasteiger partial charge is 0.330 e. The number of aromatic nitrogens is 2. The molecule has 0 radical (unpaired) electrons. The van der Waals surface area contributed by atoms with Crippen LogP contribution in [0.25, 0.3) is 22.3 Å². The molecule has 1 aliphatic heterocycles. The van der Waals surface area contributed by atoms with Gasteiger partial charge in [0.2, 0.25) is 17.7 Å². The fraction of sp³-hybridized carbons (Fsp3) is 0.441. The molecule has 0 bridgehead atoms. The minimum atomic E-state index is -1.33. The number of methoxy groups -OCH3 is 1. The molecule has 2 aliphatic carbocycles. The van der Waals surface area contributed by atoms with Crippen LogP contribution >= 0.6 is 0 Å². The zero-order valence-corrected chi connectivity index (χ0v) is 25.3. The number of nitrogens with one attached hydrogen (secondary N) is 1. The molecule has 3 aromatic rings. The summed E-state index contributed by atoms with van der Waals surface area (Å²) in [7, 11) is 3.38. The first-order valence-electron chi connectivity index (χ1n) is 15.3. The average molecular weight is 599 g/mol. The number of allylic oxidation sites excluding steroid dienone is 1. The van der Waals surface area contributed by atoms with Gasteiger partial charge in [-0.3, -0.25) is 9.59 Å². The second-order valence-electron chi connectivity index (χ2n) is 12.2. The minimum absolute atomic E-state index is 0.126. The molecular weight excluding hydrogens is 560 g/mol. The summed E-state index contributed by atoms with van der Waals surface area (Å²) in [5, 5.41) is 13.6. The van der Waals surface area contributed by atoms with E-state index in [9.17, 15) is 19.5 Å². The van der Waals surface area contributed by atoms with Crippen molar-refractivity contribution < 1.29 is 29.0 Å². The fourth-order valence-electron chi connectivity index (χ4n) is 6.66. The maximum Gasteiger partial charge on any atom is 0.330 e. The summed E-state index contributed by atoms with van der Waals surface area (Å²) in [5.41, 5.74) is 1.02. The van der Waals surface area contributed by atoms with E-state index < -0.39 is 35.4 Å². The van der Waals surface area contributed by atoms with Gasteiger partial charge in [0.1, 0.15) is 17.4 Å². The Morgan fingerprint density at radius 3 is 2.59 bits per heavy atom. The normalized spacial score (nSPS) is 27.2. The molecule has 44 heavy (non-hydrogen) atoms. The molecule has 0 saturated heterocycles. The van der Waals surface area contributed by atoms with Crippen molar-refractivity contribution >= 4 is 28.7 Å². The molecule has 5 atom stereocenters. The van der Waals surface area contributed by atoms with Gasteiger partial charge >= 0.3 is 5.97 Å². The van der Waals surface area contributed by atoms with E-state index in [1.54, 1.807) is 19.1 Å². The summed E-state index contributed by atoms with van der Waals surface area (Å²) in [6.07, 6.45) is 6.83. The molecule has 5 unspecified atom stereocenters. The number of carboxylic acids is 1. The first-order valence-corrected chi connectivity index (χ1v) is 15.3. The fourth-order valence-corrected chi connectivity index (χ4v) is 6.66. The molecule has 2 N–H and O–H groups in total. The van der Waals surface area contributed by atoms with E-state index in [0.717, 1.165) is 30.4 Å². The highest BCUT2D eigenvalue weighted by Gasteiger charge is 2.61. The standard InChI is InChI=1S/C34H38N4O6/c1-20-27(43-3)15-14-24-28(20)35-29(21-11-7-6-8-12-21)36-31(24)44-23-17-25-26(18-23)32(40)38(2)16-10-5-4-9-13-22-19-34(22,33(41)42)37-30(25)39/h6-9,11-15,22-23,25-26H,4-5,10,16-19H2,1-3H3,(H,37,39)(H,41,42). The van der Waals surface area contributed by atoms with Crippen LogP contribution in [0.5, 0.6) is 11.6 Å². The molecule has 0 spiro atoms. The van der Waals surface area contributed by atoms with Crippen LogP contribution in [0, 0.1) is 24.7 Å². The lowest BCUT2D eigenvalue weighted by Gasteiger charge is -2.26. The van der Waals surface area contributed by atoms with E-state index in [-0.39, 0.29) is 18.2 Å². The van der Waals surface area contributed by atoms with Crippen molar-refractivity contribution in [2.45, 2.75) is 57.1 Å². The van der Waals surface area contributed by atoms with E-state index in [0.29, 0.717) is 47.7 Å². The summed E-state index contributed by atoms with van der Waals surface area (Å²) in [4.78, 5) is 51.1.